The van der Waals surface area contributed by atoms with Gasteiger partial charge in [0.15, 0.2) is 0 Å². The molecule has 0 aromatic rings. The molecule has 2 fully saturated rings. The van der Waals surface area contributed by atoms with Crippen LogP contribution in [0.25, 0.3) is 0 Å². The fourth-order valence-corrected chi connectivity index (χ4v) is 3.22. The number of nitrogens with zero attached hydrogens (tertiary/aromatic N) is 1. The molecule has 1 aliphatic carbocycles. The Balaban J connectivity index is 1.91. The van der Waals surface area contributed by atoms with Crippen LogP contribution < -0.4 is 11.1 Å². The van der Waals surface area contributed by atoms with Crippen LogP contribution in [0.1, 0.15) is 52.9 Å². The zero-order chi connectivity index (χ0) is 14.0. The SMILES string of the molecule is CCC1CCN(C(C)CC(C)(NC2CC2)C(N)=O)C1. The smallest absolute Gasteiger partial charge is 0.237 e. The van der Waals surface area contributed by atoms with E-state index < -0.39 is 5.54 Å². The highest BCUT2D eigenvalue weighted by Crippen LogP contribution is 2.28. The third-order valence-electron chi connectivity index (χ3n) is 4.87. The molecule has 1 heterocycles. The summed E-state index contributed by atoms with van der Waals surface area (Å²) in [6.07, 6.45) is 5.73. The maximum absolute atomic E-state index is 11.8. The molecule has 0 bridgehead atoms. The van der Waals surface area contributed by atoms with E-state index in [9.17, 15) is 4.79 Å². The maximum atomic E-state index is 11.8. The summed E-state index contributed by atoms with van der Waals surface area (Å²) >= 11 is 0. The molecule has 110 valence electrons. The first-order chi connectivity index (χ1) is 8.94. The molecule has 0 spiro atoms. The van der Waals surface area contributed by atoms with E-state index in [1.165, 1.54) is 32.2 Å². The lowest BCUT2D eigenvalue weighted by Gasteiger charge is -2.34. The lowest BCUT2D eigenvalue weighted by molar-refractivity contribution is -0.124. The Bertz CT molecular complexity index is 329. The summed E-state index contributed by atoms with van der Waals surface area (Å²) in [5.74, 6) is 0.621. The average molecular weight is 267 g/mol. The molecule has 3 unspecified atom stereocenters. The molecule has 1 amide bonds. The summed E-state index contributed by atoms with van der Waals surface area (Å²) in [5, 5.41) is 3.45. The number of hydrogen-bond acceptors (Lipinski definition) is 3. The first-order valence-corrected chi connectivity index (χ1v) is 7.76. The summed E-state index contributed by atoms with van der Waals surface area (Å²) in [6.45, 7) is 8.81. The molecule has 0 aromatic heterocycles. The van der Waals surface area contributed by atoms with Crippen molar-refractivity contribution in [3.8, 4) is 0 Å². The number of hydrogen-bond donors (Lipinski definition) is 2. The Morgan fingerprint density at radius 3 is 2.63 bits per heavy atom. The maximum Gasteiger partial charge on any atom is 0.237 e. The fourth-order valence-electron chi connectivity index (χ4n) is 3.22. The lowest BCUT2D eigenvalue weighted by Crippen LogP contribution is -2.57. The number of nitrogens with two attached hydrogens (primary N) is 1. The number of primary amides is 1. The third-order valence-corrected chi connectivity index (χ3v) is 4.87. The zero-order valence-corrected chi connectivity index (χ0v) is 12.6. The lowest BCUT2D eigenvalue weighted by atomic mass is 9.92. The predicted octanol–water partition coefficient (Wildman–Crippen LogP) is 1.49. The van der Waals surface area contributed by atoms with Gasteiger partial charge < -0.3 is 16.0 Å². The highest BCUT2D eigenvalue weighted by molar-refractivity contribution is 5.84. The minimum atomic E-state index is -0.551. The molecule has 1 saturated carbocycles. The second kappa shape index (κ2) is 5.80. The Hall–Kier alpha value is -0.610. The van der Waals surface area contributed by atoms with E-state index >= 15 is 0 Å². The zero-order valence-electron chi connectivity index (χ0n) is 12.6. The van der Waals surface area contributed by atoms with Crippen LogP contribution in [-0.2, 0) is 4.79 Å². The second-order valence-corrected chi connectivity index (χ2v) is 6.73. The Kier molecular flexibility index (Phi) is 4.51. The summed E-state index contributed by atoms with van der Waals surface area (Å²) in [4.78, 5) is 14.3. The molecular formula is C15H29N3O. The van der Waals surface area contributed by atoms with E-state index in [-0.39, 0.29) is 5.91 Å². The van der Waals surface area contributed by atoms with Crippen LogP contribution >= 0.6 is 0 Å². The van der Waals surface area contributed by atoms with Crippen molar-refractivity contribution in [1.29, 1.82) is 0 Å². The molecule has 19 heavy (non-hydrogen) atoms. The first-order valence-electron chi connectivity index (χ1n) is 7.76. The second-order valence-electron chi connectivity index (χ2n) is 6.73. The first kappa shape index (κ1) is 14.8. The Morgan fingerprint density at radius 2 is 2.16 bits per heavy atom. The van der Waals surface area contributed by atoms with Gasteiger partial charge in [0.25, 0.3) is 0 Å². The van der Waals surface area contributed by atoms with Gasteiger partial charge in [0, 0.05) is 18.6 Å². The van der Waals surface area contributed by atoms with Crippen LogP contribution in [0.3, 0.4) is 0 Å². The van der Waals surface area contributed by atoms with Gasteiger partial charge in [-0.1, -0.05) is 13.3 Å². The van der Waals surface area contributed by atoms with E-state index in [0.29, 0.717) is 12.1 Å². The standard InChI is InChI=1S/C15H29N3O/c1-4-12-7-8-18(10-12)11(2)9-15(3,14(16)19)17-13-5-6-13/h11-13,17H,4-10H2,1-3H3,(H2,16,19). The Labute approximate surface area is 117 Å². The van der Waals surface area contributed by atoms with Crippen molar-refractivity contribution in [1.82, 2.24) is 10.2 Å². The Morgan fingerprint density at radius 1 is 1.47 bits per heavy atom. The molecule has 4 nitrogen and oxygen atoms in total. The number of carbonyl (C=O) groups is 1. The summed E-state index contributed by atoms with van der Waals surface area (Å²) in [7, 11) is 0. The highest BCUT2D eigenvalue weighted by Gasteiger charge is 2.39. The normalized spacial score (nSPS) is 29.1. The molecular weight excluding hydrogens is 238 g/mol. The minimum Gasteiger partial charge on any atom is -0.368 e. The van der Waals surface area contributed by atoms with Gasteiger partial charge in [-0.05, 0) is 52.0 Å². The van der Waals surface area contributed by atoms with Crippen LogP contribution in [0.2, 0.25) is 0 Å². The molecule has 2 rings (SSSR count). The van der Waals surface area contributed by atoms with Crippen LogP contribution in [0.5, 0.6) is 0 Å². The predicted molar refractivity (Wildman–Crippen MR) is 77.8 cm³/mol. The van der Waals surface area contributed by atoms with Gasteiger partial charge >= 0.3 is 0 Å². The number of rotatable bonds is 7. The highest BCUT2D eigenvalue weighted by atomic mass is 16.1. The van der Waals surface area contributed by atoms with Crippen LogP contribution in [0, 0.1) is 5.92 Å². The third kappa shape index (κ3) is 3.69. The monoisotopic (exact) mass is 267 g/mol. The van der Waals surface area contributed by atoms with Crippen LogP contribution in [0.15, 0.2) is 0 Å². The van der Waals surface area contributed by atoms with Crippen LogP contribution in [-0.4, -0.2) is 41.5 Å². The minimum absolute atomic E-state index is 0.211. The van der Waals surface area contributed by atoms with Gasteiger partial charge in [-0.3, -0.25) is 4.79 Å². The number of nitrogens with one attached hydrogen (secondary N) is 1. The molecule has 4 heteroatoms. The van der Waals surface area contributed by atoms with Gasteiger partial charge in [-0.15, -0.1) is 0 Å². The fraction of sp³-hybridized carbons (Fsp3) is 0.933. The van der Waals surface area contributed by atoms with Crippen molar-refractivity contribution in [3.63, 3.8) is 0 Å². The summed E-state index contributed by atoms with van der Waals surface area (Å²) in [5.41, 5.74) is 5.08. The van der Waals surface area contributed by atoms with E-state index in [4.69, 9.17) is 5.73 Å². The van der Waals surface area contributed by atoms with Crippen molar-refractivity contribution in [2.24, 2.45) is 11.7 Å². The van der Waals surface area contributed by atoms with E-state index in [0.717, 1.165) is 18.9 Å². The van der Waals surface area contributed by atoms with E-state index in [2.05, 4.69) is 24.1 Å². The van der Waals surface area contributed by atoms with Crippen molar-refractivity contribution in [3.05, 3.63) is 0 Å². The van der Waals surface area contributed by atoms with Crippen molar-refractivity contribution in [2.45, 2.75) is 70.5 Å². The van der Waals surface area contributed by atoms with Gasteiger partial charge in [-0.2, -0.15) is 0 Å². The van der Waals surface area contributed by atoms with Gasteiger partial charge in [0.05, 0.1) is 5.54 Å². The van der Waals surface area contributed by atoms with Crippen molar-refractivity contribution >= 4 is 5.91 Å². The molecule has 2 aliphatic rings. The molecule has 0 radical (unpaired) electrons. The van der Waals surface area contributed by atoms with Gasteiger partial charge in [0.2, 0.25) is 5.91 Å². The summed E-state index contributed by atoms with van der Waals surface area (Å²) < 4.78 is 0. The van der Waals surface area contributed by atoms with E-state index in [1.54, 1.807) is 0 Å². The quantitative estimate of drug-likeness (QED) is 0.735. The molecule has 3 N–H and O–H groups in total. The number of likely N-dealkylation sites (tertiary alicyclic amines) is 1. The van der Waals surface area contributed by atoms with Gasteiger partial charge in [-0.25, -0.2) is 0 Å². The van der Waals surface area contributed by atoms with Crippen LogP contribution in [0.4, 0.5) is 0 Å². The number of amides is 1. The number of carbonyl (C=O) groups excluding carboxylic acids is 1. The van der Waals surface area contributed by atoms with Crippen molar-refractivity contribution in [2.75, 3.05) is 13.1 Å². The molecule has 1 saturated heterocycles. The van der Waals surface area contributed by atoms with E-state index in [1.807, 2.05) is 6.92 Å². The molecule has 3 atom stereocenters. The topological polar surface area (TPSA) is 58.4 Å². The average Bonchev–Trinajstić information content (AvgIpc) is 3.02. The molecule has 0 aromatic carbocycles. The van der Waals surface area contributed by atoms with Crippen molar-refractivity contribution < 1.29 is 4.79 Å². The molecule has 1 aliphatic heterocycles. The summed E-state index contributed by atoms with van der Waals surface area (Å²) in [6, 6.07) is 0.923. The van der Waals surface area contributed by atoms with Gasteiger partial charge in [0.1, 0.15) is 0 Å². The largest absolute Gasteiger partial charge is 0.368 e.